The van der Waals surface area contributed by atoms with Crippen LogP contribution in [0.4, 0.5) is 0 Å². The fraction of sp³-hybridized carbons (Fsp3) is 0.545. The van der Waals surface area contributed by atoms with Crippen LogP contribution in [0, 0.1) is 12.8 Å². The lowest BCUT2D eigenvalue weighted by molar-refractivity contribution is -0.133. The van der Waals surface area contributed by atoms with Crippen molar-refractivity contribution < 1.29 is 22.7 Å². The SMILES string of the molecule is COCCN(Cc1cnc(S(=O)(=O)Cc2ccc(C)cc2)n1CCOC)C(=O)C1CC1. The van der Waals surface area contributed by atoms with Crippen LogP contribution < -0.4 is 0 Å². The molecular formula is C22H31N3O5S. The number of methoxy groups -OCH3 is 2. The second-order valence-electron chi connectivity index (χ2n) is 7.95. The minimum Gasteiger partial charge on any atom is -0.383 e. The minimum atomic E-state index is -3.68. The van der Waals surface area contributed by atoms with Crippen LogP contribution in [0.1, 0.15) is 29.7 Å². The van der Waals surface area contributed by atoms with E-state index < -0.39 is 9.84 Å². The van der Waals surface area contributed by atoms with Gasteiger partial charge in [-0.2, -0.15) is 0 Å². The first kappa shape index (κ1) is 23.4. The normalized spacial score (nSPS) is 14.0. The smallest absolute Gasteiger partial charge is 0.228 e. The predicted molar refractivity (Wildman–Crippen MR) is 116 cm³/mol. The second kappa shape index (κ2) is 10.4. The predicted octanol–water partition coefficient (Wildman–Crippen LogP) is 2.20. The standard InChI is InChI=1S/C22H31N3O5S/c1-17-4-6-18(7-5-17)16-31(27,28)22-23-14-20(25(22)11-13-30-3)15-24(10-12-29-2)21(26)19-8-9-19/h4-7,14,19H,8-13,15-16H2,1-3H3. The molecule has 9 heteroatoms. The molecular weight excluding hydrogens is 418 g/mol. The summed E-state index contributed by atoms with van der Waals surface area (Å²) >= 11 is 0. The highest BCUT2D eigenvalue weighted by Gasteiger charge is 2.34. The fourth-order valence-electron chi connectivity index (χ4n) is 3.41. The Balaban J connectivity index is 1.87. The maximum Gasteiger partial charge on any atom is 0.228 e. The van der Waals surface area contributed by atoms with Crippen LogP contribution in [0.25, 0.3) is 0 Å². The van der Waals surface area contributed by atoms with Crippen LogP contribution in [0.3, 0.4) is 0 Å². The number of ether oxygens (including phenoxy) is 2. The van der Waals surface area contributed by atoms with E-state index in [1.807, 2.05) is 31.2 Å². The number of imidazole rings is 1. The molecule has 0 spiro atoms. The second-order valence-corrected chi connectivity index (χ2v) is 9.83. The number of benzene rings is 1. The third-order valence-corrected chi connectivity index (χ3v) is 6.93. The van der Waals surface area contributed by atoms with E-state index in [1.165, 1.54) is 0 Å². The summed E-state index contributed by atoms with van der Waals surface area (Å²) < 4.78 is 38.3. The number of nitrogens with zero attached hydrogens (tertiary/aromatic N) is 3. The highest BCUT2D eigenvalue weighted by atomic mass is 32.2. The summed E-state index contributed by atoms with van der Waals surface area (Å²) in [5.41, 5.74) is 2.45. The van der Waals surface area contributed by atoms with Gasteiger partial charge < -0.3 is 18.9 Å². The number of hydrogen-bond donors (Lipinski definition) is 0. The number of hydrogen-bond acceptors (Lipinski definition) is 6. The average Bonchev–Trinajstić information content (AvgIpc) is 3.51. The zero-order valence-corrected chi connectivity index (χ0v) is 19.2. The number of aromatic nitrogens is 2. The summed E-state index contributed by atoms with van der Waals surface area (Å²) in [4.78, 5) is 18.7. The topological polar surface area (TPSA) is 90.7 Å². The highest BCUT2D eigenvalue weighted by Crippen LogP contribution is 2.31. The summed E-state index contributed by atoms with van der Waals surface area (Å²) in [7, 11) is -0.512. The Labute approximate surface area is 184 Å². The third-order valence-electron chi connectivity index (χ3n) is 5.33. The number of carbonyl (C=O) groups excluding carboxylic acids is 1. The van der Waals surface area contributed by atoms with Crippen LogP contribution in [-0.4, -0.2) is 62.8 Å². The molecule has 1 fully saturated rings. The van der Waals surface area contributed by atoms with E-state index in [1.54, 1.807) is 29.9 Å². The number of sulfone groups is 1. The largest absolute Gasteiger partial charge is 0.383 e. The van der Waals surface area contributed by atoms with Crippen molar-refractivity contribution in [2.75, 3.05) is 34.0 Å². The Hall–Kier alpha value is -2.23. The van der Waals surface area contributed by atoms with E-state index in [0.717, 1.165) is 18.4 Å². The molecule has 1 aromatic heterocycles. The molecule has 0 N–H and O–H groups in total. The maximum atomic E-state index is 13.2. The summed E-state index contributed by atoms with van der Waals surface area (Å²) in [6, 6.07) is 7.42. The van der Waals surface area contributed by atoms with E-state index in [0.29, 0.717) is 37.6 Å². The summed E-state index contributed by atoms with van der Waals surface area (Å²) in [6.07, 6.45) is 3.36. The van der Waals surface area contributed by atoms with E-state index in [2.05, 4.69) is 4.98 Å². The van der Waals surface area contributed by atoms with Crippen molar-refractivity contribution in [1.29, 1.82) is 0 Å². The molecule has 0 atom stereocenters. The summed E-state index contributed by atoms with van der Waals surface area (Å²) in [5.74, 6) is 0.0167. The molecule has 1 heterocycles. The number of rotatable bonds is 12. The molecule has 0 bridgehead atoms. The molecule has 0 aliphatic heterocycles. The Morgan fingerprint density at radius 2 is 1.84 bits per heavy atom. The quantitative estimate of drug-likeness (QED) is 0.493. The van der Waals surface area contributed by atoms with Gasteiger partial charge in [0.25, 0.3) is 0 Å². The van der Waals surface area contributed by atoms with Gasteiger partial charge in [0.2, 0.25) is 20.9 Å². The molecule has 3 rings (SSSR count). The maximum absolute atomic E-state index is 13.2. The van der Waals surface area contributed by atoms with Crippen molar-refractivity contribution >= 4 is 15.7 Å². The lowest BCUT2D eigenvalue weighted by Gasteiger charge is -2.23. The third kappa shape index (κ3) is 6.15. The van der Waals surface area contributed by atoms with Crippen LogP contribution in [0.5, 0.6) is 0 Å². The minimum absolute atomic E-state index is 0.00527. The van der Waals surface area contributed by atoms with Gasteiger partial charge in [-0.25, -0.2) is 13.4 Å². The van der Waals surface area contributed by atoms with Gasteiger partial charge in [-0.1, -0.05) is 29.8 Å². The van der Waals surface area contributed by atoms with Gasteiger partial charge in [0.15, 0.2) is 0 Å². The lowest BCUT2D eigenvalue weighted by atomic mass is 10.2. The monoisotopic (exact) mass is 449 g/mol. The fourth-order valence-corrected chi connectivity index (χ4v) is 4.93. The van der Waals surface area contributed by atoms with Crippen LogP contribution in [-0.2, 0) is 42.9 Å². The van der Waals surface area contributed by atoms with Crippen molar-refractivity contribution in [3.63, 3.8) is 0 Å². The average molecular weight is 450 g/mol. The molecule has 2 aromatic rings. The molecule has 0 saturated heterocycles. The molecule has 1 amide bonds. The van der Waals surface area contributed by atoms with Gasteiger partial charge in [0.1, 0.15) is 0 Å². The zero-order valence-electron chi connectivity index (χ0n) is 18.4. The molecule has 1 saturated carbocycles. The number of amides is 1. The van der Waals surface area contributed by atoms with Crippen molar-refractivity contribution in [3.8, 4) is 0 Å². The lowest BCUT2D eigenvalue weighted by Crippen LogP contribution is -2.35. The van der Waals surface area contributed by atoms with Crippen LogP contribution >= 0.6 is 0 Å². The van der Waals surface area contributed by atoms with Gasteiger partial charge >= 0.3 is 0 Å². The van der Waals surface area contributed by atoms with Gasteiger partial charge in [-0.05, 0) is 25.3 Å². The van der Waals surface area contributed by atoms with Crippen molar-refractivity contribution in [2.24, 2.45) is 5.92 Å². The number of carbonyl (C=O) groups is 1. The Kier molecular flexibility index (Phi) is 7.85. The molecule has 170 valence electrons. The molecule has 8 nitrogen and oxygen atoms in total. The first-order valence-corrected chi connectivity index (χ1v) is 12.1. The van der Waals surface area contributed by atoms with E-state index in [4.69, 9.17) is 9.47 Å². The van der Waals surface area contributed by atoms with Crippen molar-refractivity contribution in [2.45, 2.75) is 43.8 Å². The van der Waals surface area contributed by atoms with E-state index in [-0.39, 0.29) is 29.3 Å². The molecule has 1 aliphatic carbocycles. The van der Waals surface area contributed by atoms with Crippen LogP contribution in [0.2, 0.25) is 0 Å². The highest BCUT2D eigenvalue weighted by molar-refractivity contribution is 7.90. The molecule has 1 aromatic carbocycles. The van der Waals surface area contributed by atoms with Gasteiger partial charge in [0, 0.05) is 33.2 Å². The summed E-state index contributed by atoms with van der Waals surface area (Å²) in [5, 5.41) is 0.00527. The van der Waals surface area contributed by atoms with E-state index >= 15 is 0 Å². The Morgan fingerprint density at radius 3 is 2.45 bits per heavy atom. The van der Waals surface area contributed by atoms with Crippen LogP contribution in [0.15, 0.2) is 35.6 Å². The molecule has 1 aliphatic rings. The van der Waals surface area contributed by atoms with E-state index in [9.17, 15) is 13.2 Å². The summed E-state index contributed by atoms with van der Waals surface area (Å²) in [6.45, 7) is 3.79. The Bertz CT molecular complexity index is 981. The van der Waals surface area contributed by atoms with Gasteiger partial charge in [-0.3, -0.25) is 4.79 Å². The first-order valence-electron chi connectivity index (χ1n) is 10.4. The van der Waals surface area contributed by atoms with Crippen molar-refractivity contribution in [3.05, 3.63) is 47.3 Å². The molecule has 0 radical (unpaired) electrons. The van der Waals surface area contributed by atoms with Gasteiger partial charge in [-0.15, -0.1) is 0 Å². The Morgan fingerprint density at radius 1 is 1.16 bits per heavy atom. The zero-order chi connectivity index (χ0) is 22.4. The van der Waals surface area contributed by atoms with Gasteiger partial charge in [0.05, 0.1) is 37.4 Å². The first-order chi connectivity index (χ1) is 14.9. The molecule has 0 unspecified atom stereocenters. The molecule has 31 heavy (non-hydrogen) atoms. The number of aryl methyl sites for hydroxylation is 1. The van der Waals surface area contributed by atoms with Crippen molar-refractivity contribution in [1.82, 2.24) is 14.5 Å².